The van der Waals surface area contributed by atoms with Gasteiger partial charge in [0, 0.05) is 37.1 Å². The Kier molecular flexibility index (Phi) is 4.62. The van der Waals surface area contributed by atoms with E-state index in [-0.39, 0.29) is 6.61 Å². The van der Waals surface area contributed by atoms with E-state index in [2.05, 4.69) is 50.6 Å². The van der Waals surface area contributed by atoms with Crippen molar-refractivity contribution in [3.63, 3.8) is 0 Å². The van der Waals surface area contributed by atoms with E-state index >= 15 is 0 Å². The number of fused-ring (bicyclic) bond motifs is 1. The number of hydrogen-bond acceptors (Lipinski definition) is 4. The maximum atomic E-state index is 9.08. The van der Waals surface area contributed by atoms with Crippen LogP contribution in [0.15, 0.2) is 67.1 Å². The van der Waals surface area contributed by atoms with E-state index in [1.54, 1.807) is 12.4 Å². The lowest BCUT2D eigenvalue weighted by atomic mass is 10.0. The Balaban J connectivity index is 1.66. The van der Waals surface area contributed by atoms with Gasteiger partial charge in [-0.1, -0.05) is 24.3 Å². The van der Waals surface area contributed by atoms with Gasteiger partial charge >= 0.3 is 0 Å². The molecule has 3 N–H and O–H groups in total. The highest BCUT2D eigenvalue weighted by molar-refractivity contribution is 5.94. The molecule has 3 aromatic heterocycles. The lowest BCUT2D eigenvalue weighted by Gasteiger charge is -2.10. The zero-order valence-corrected chi connectivity index (χ0v) is 14.3. The van der Waals surface area contributed by atoms with Gasteiger partial charge in [-0.05, 0) is 52.9 Å². The number of aliphatic hydroxyl groups is 1. The van der Waals surface area contributed by atoms with Crippen LogP contribution in [0.2, 0.25) is 0 Å². The maximum Gasteiger partial charge on any atom is 0.140 e. The van der Waals surface area contributed by atoms with Gasteiger partial charge in [0.2, 0.25) is 0 Å². The van der Waals surface area contributed by atoms with E-state index < -0.39 is 0 Å². The van der Waals surface area contributed by atoms with Crippen molar-refractivity contribution < 1.29 is 5.11 Å². The summed E-state index contributed by atoms with van der Waals surface area (Å²) in [7, 11) is 0. The predicted octanol–water partition coefficient (Wildman–Crippen LogP) is 3.77. The molecule has 0 aliphatic heterocycles. The standard InChI is InChI=1S/C21H20N4O/c26-12-8-15-1-3-17(4-2-15)19-13-20(25-21-18(19)7-11-23-21)24-14-16-5-9-22-10-6-16/h1-7,9-11,13,26H,8,12,14H2,(H2,23,24,25). The van der Waals surface area contributed by atoms with Crippen LogP contribution in [-0.2, 0) is 13.0 Å². The fraction of sp³-hybridized carbons (Fsp3) is 0.143. The molecule has 5 nitrogen and oxygen atoms in total. The minimum absolute atomic E-state index is 0.166. The summed E-state index contributed by atoms with van der Waals surface area (Å²) in [5.41, 5.74) is 5.41. The van der Waals surface area contributed by atoms with Crippen molar-refractivity contribution in [2.75, 3.05) is 11.9 Å². The van der Waals surface area contributed by atoms with Gasteiger partial charge < -0.3 is 15.4 Å². The highest BCUT2D eigenvalue weighted by atomic mass is 16.2. The van der Waals surface area contributed by atoms with Crippen molar-refractivity contribution in [3.05, 3.63) is 78.2 Å². The van der Waals surface area contributed by atoms with Gasteiger partial charge in [0.05, 0.1) is 0 Å². The van der Waals surface area contributed by atoms with Crippen LogP contribution in [0.1, 0.15) is 11.1 Å². The minimum atomic E-state index is 0.166. The van der Waals surface area contributed by atoms with Crippen LogP contribution in [0.5, 0.6) is 0 Å². The number of benzene rings is 1. The van der Waals surface area contributed by atoms with Gasteiger partial charge in [0.25, 0.3) is 0 Å². The highest BCUT2D eigenvalue weighted by Crippen LogP contribution is 2.30. The molecule has 0 saturated heterocycles. The molecule has 4 rings (SSSR count). The van der Waals surface area contributed by atoms with Gasteiger partial charge in [-0.25, -0.2) is 4.98 Å². The molecule has 26 heavy (non-hydrogen) atoms. The van der Waals surface area contributed by atoms with Crippen molar-refractivity contribution >= 4 is 16.9 Å². The SMILES string of the molecule is OCCc1ccc(-c2cc(NCc3ccncc3)nc3[nH]ccc23)cc1. The van der Waals surface area contributed by atoms with E-state index in [1.807, 2.05) is 24.4 Å². The summed E-state index contributed by atoms with van der Waals surface area (Å²) in [5, 5.41) is 13.6. The quantitative estimate of drug-likeness (QED) is 0.498. The summed E-state index contributed by atoms with van der Waals surface area (Å²) in [6.45, 7) is 0.857. The number of aromatic nitrogens is 3. The highest BCUT2D eigenvalue weighted by Gasteiger charge is 2.09. The Hall–Kier alpha value is -3.18. The van der Waals surface area contributed by atoms with Gasteiger partial charge in [-0.3, -0.25) is 4.98 Å². The van der Waals surface area contributed by atoms with Crippen LogP contribution in [0.3, 0.4) is 0 Å². The van der Waals surface area contributed by atoms with Crippen LogP contribution in [0, 0.1) is 0 Å². The number of pyridine rings is 2. The predicted molar refractivity (Wildman–Crippen MR) is 104 cm³/mol. The largest absolute Gasteiger partial charge is 0.396 e. The molecule has 0 aliphatic carbocycles. The first-order valence-corrected chi connectivity index (χ1v) is 8.64. The van der Waals surface area contributed by atoms with Crippen LogP contribution >= 0.6 is 0 Å². The first-order chi connectivity index (χ1) is 12.8. The Bertz CT molecular complexity index is 994. The summed E-state index contributed by atoms with van der Waals surface area (Å²) < 4.78 is 0. The molecule has 0 bridgehead atoms. The third-order valence-corrected chi connectivity index (χ3v) is 4.42. The van der Waals surface area contributed by atoms with Crippen molar-refractivity contribution in [2.24, 2.45) is 0 Å². The van der Waals surface area contributed by atoms with Crippen LogP contribution in [0.25, 0.3) is 22.2 Å². The van der Waals surface area contributed by atoms with Crippen molar-refractivity contribution in [3.8, 4) is 11.1 Å². The average molecular weight is 344 g/mol. The zero-order valence-electron chi connectivity index (χ0n) is 14.3. The van der Waals surface area contributed by atoms with Gasteiger partial charge in [0.15, 0.2) is 0 Å². The van der Waals surface area contributed by atoms with Crippen LogP contribution in [0.4, 0.5) is 5.82 Å². The molecule has 0 unspecified atom stereocenters. The third kappa shape index (κ3) is 3.43. The Morgan fingerprint density at radius 1 is 0.962 bits per heavy atom. The van der Waals surface area contributed by atoms with Crippen LogP contribution < -0.4 is 5.32 Å². The number of aliphatic hydroxyl groups excluding tert-OH is 1. The first kappa shape index (κ1) is 16.3. The smallest absolute Gasteiger partial charge is 0.140 e. The van der Waals surface area contributed by atoms with Crippen molar-refractivity contribution in [1.82, 2.24) is 15.0 Å². The minimum Gasteiger partial charge on any atom is -0.396 e. The summed E-state index contributed by atoms with van der Waals surface area (Å²) in [6.07, 6.45) is 6.17. The van der Waals surface area contributed by atoms with Crippen molar-refractivity contribution in [1.29, 1.82) is 0 Å². The normalized spacial score (nSPS) is 11.0. The summed E-state index contributed by atoms with van der Waals surface area (Å²) in [4.78, 5) is 11.9. The second-order valence-electron chi connectivity index (χ2n) is 6.17. The second-order valence-corrected chi connectivity index (χ2v) is 6.17. The molecule has 1 aromatic carbocycles. The molecule has 0 amide bonds. The Morgan fingerprint density at radius 2 is 1.77 bits per heavy atom. The Morgan fingerprint density at radius 3 is 2.54 bits per heavy atom. The maximum absolute atomic E-state index is 9.08. The van der Waals surface area contributed by atoms with Gasteiger partial charge in [-0.15, -0.1) is 0 Å². The molecule has 0 fully saturated rings. The molecule has 0 saturated carbocycles. The molecule has 0 atom stereocenters. The van der Waals surface area contributed by atoms with Gasteiger partial charge in [0.1, 0.15) is 11.5 Å². The van der Waals surface area contributed by atoms with E-state index in [4.69, 9.17) is 5.11 Å². The van der Waals surface area contributed by atoms with E-state index in [0.717, 1.165) is 39.1 Å². The third-order valence-electron chi connectivity index (χ3n) is 4.42. The van der Waals surface area contributed by atoms with Crippen molar-refractivity contribution in [2.45, 2.75) is 13.0 Å². The topological polar surface area (TPSA) is 73.8 Å². The molecular formula is C21H20N4O. The molecule has 5 heteroatoms. The lowest BCUT2D eigenvalue weighted by Crippen LogP contribution is -2.02. The molecular weight excluding hydrogens is 324 g/mol. The molecule has 0 aliphatic rings. The monoisotopic (exact) mass is 344 g/mol. The second kappa shape index (κ2) is 7.37. The summed E-state index contributed by atoms with van der Waals surface area (Å²) in [5.74, 6) is 0.825. The van der Waals surface area contributed by atoms with E-state index in [0.29, 0.717) is 13.0 Å². The van der Waals surface area contributed by atoms with E-state index in [9.17, 15) is 0 Å². The van der Waals surface area contributed by atoms with Crippen LogP contribution in [-0.4, -0.2) is 26.7 Å². The lowest BCUT2D eigenvalue weighted by molar-refractivity contribution is 0.299. The Labute approximate surface area is 151 Å². The van der Waals surface area contributed by atoms with E-state index in [1.165, 1.54) is 0 Å². The summed E-state index contributed by atoms with van der Waals surface area (Å²) in [6, 6.07) is 16.4. The number of aromatic amines is 1. The number of nitrogens with one attached hydrogen (secondary N) is 2. The molecule has 3 heterocycles. The average Bonchev–Trinajstić information content (AvgIpc) is 3.16. The van der Waals surface area contributed by atoms with Gasteiger partial charge in [-0.2, -0.15) is 0 Å². The molecule has 0 spiro atoms. The number of hydrogen-bond donors (Lipinski definition) is 3. The number of nitrogens with zero attached hydrogens (tertiary/aromatic N) is 2. The number of rotatable bonds is 6. The molecule has 130 valence electrons. The number of H-pyrrole nitrogens is 1. The zero-order chi connectivity index (χ0) is 17.8. The molecule has 0 radical (unpaired) electrons. The number of anilines is 1. The summed E-state index contributed by atoms with van der Waals surface area (Å²) >= 11 is 0. The fourth-order valence-corrected chi connectivity index (χ4v) is 3.04. The molecule has 4 aromatic rings. The fourth-order valence-electron chi connectivity index (χ4n) is 3.04. The first-order valence-electron chi connectivity index (χ1n) is 8.64.